The molecule has 0 bridgehead atoms. The van der Waals surface area contributed by atoms with Gasteiger partial charge >= 0.3 is 5.97 Å². The zero-order valence-corrected chi connectivity index (χ0v) is 34.6. The zero-order chi connectivity index (χ0) is 42.0. The second-order valence-corrected chi connectivity index (χ2v) is 15.7. The summed E-state index contributed by atoms with van der Waals surface area (Å²) < 4.78 is 27.4. The number of esters is 1. The van der Waals surface area contributed by atoms with E-state index in [1.165, 1.54) is 26.4 Å². The predicted molar refractivity (Wildman–Crippen MR) is 213 cm³/mol. The Labute approximate surface area is 340 Å². The number of unbranched alkanes of at least 4 members (excludes halogenated alkanes) is 6. The summed E-state index contributed by atoms with van der Waals surface area (Å²) in [4.78, 5) is 49.8. The lowest BCUT2D eigenvalue weighted by Crippen LogP contribution is -2.64. The molecule has 2 aromatic carbocycles. The molecule has 3 rings (SSSR count). The lowest BCUT2D eigenvalue weighted by molar-refractivity contribution is -0.261. The van der Waals surface area contributed by atoms with Gasteiger partial charge in [0.15, 0.2) is 6.29 Å². The fraction of sp³-hybridized carbons (Fsp3) is 0.619. The number of hydrogen-bond acceptors (Lipinski definition) is 12. The van der Waals surface area contributed by atoms with Crippen molar-refractivity contribution in [3.8, 4) is 11.5 Å². The Bertz CT molecular complexity index is 1600. The number of ketones is 1. The number of halogens is 1. The van der Waals surface area contributed by atoms with E-state index in [-0.39, 0.29) is 46.4 Å². The summed E-state index contributed by atoms with van der Waals surface area (Å²) in [6.45, 7) is 5.51. The van der Waals surface area contributed by atoms with Crippen LogP contribution in [0.5, 0.6) is 11.5 Å². The van der Waals surface area contributed by atoms with Crippen LogP contribution in [0.1, 0.15) is 119 Å². The third kappa shape index (κ3) is 16.5. The number of hydrogen-bond donors (Lipinski definition) is 5. The number of benzene rings is 2. The lowest BCUT2D eigenvalue weighted by Gasteiger charge is -2.41. The minimum Gasteiger partial charge on any atom is -0.496 e. The van der Waals surface area contributed by atoms with Crippen molar-refractivity contribution in [2.45, 2.75) is 147 Å². The summed E-state index contributed by atoms with van der Waals surface area (Å²) in [6, 6.07) is 9.22. The number of carbonyl (C=O) groups excluding carboxylic acids is 4. The maximum atomic E-state index is 13.3. The summed E-state index contributed by atoms with van der Waals surface area (Å²) >= 11 is 6.51. The second-order valence-electron chi connectivity index (χ2n) is 15.3. The molecule has 1 aliphatic heterocycles. The number of methoxy groups -OCH3 is 2. The summed E-state index contributed by atoms with van der Waals surface area (Å²) in [6.07, 6.45) is 3.55. The summed E-state index contributed by atoms with van der Waals surface area (Å²) in [5.41, 5.74) is 1.29. The van der Waals surface area contributed by atoms with E-state index in [2.05, 4.69) is 10.6 Å². The summed E-state index contributed by atoms with van der Waals surface area (Å²) in [5.74, 6) is -0.234. The fourth-order valence-corrected chi connectivity index (χ4v) is 6.58. The SMILES string of the molecule is COc1cc(OCc2cccc(CNC(=O)CCCCCCC(=O)CCCCCCC(=O)OC(C)(C)C)c2)c(Cl)cc1C(=O)N[C@H]1[C@@H](OC)O[C@H](CO)[C@@H](O)[C@@H]1O. The molecule has 14 nitrogen and oxygen atoms in total. The van der Waals surface area contributed by atoms with Crippen molar-refractivity contribution in [1.82, 2.24) is 10.6 Å². The Kier molecular flexibility index (Phi) is 20.2. The number of ether oxygens (including phenoxy) is 5. The molecule has 0 spiro atoms. The standard InChI is InChI=1S/C42H61ClN2O12/c1-42(2,3)57-36(49)20-13-9-7-11-18-29(47)17-10-6-8-12-19-35(48)44-24-27-15-14-16-28(21-27)26-55-33-23-32(53-4)30(22-31(33)43)40(52)45-37-39(51)38(50)34(25-46)56-41(37)54-5/h14-16,21-23,34,37-39,41,46,50-51H,6-13,17-20,24-26H2,1-5H3,(H,44,48)(H,45,52)/t34-,37-,38-,39-,41+/m1/s1. The molecule has 0 radical (unpaired) electrons. The van der Waals surface area contributed by atoms with Gasteiger partial charge in [-0.2, -0.15) is 0 Å². The maximum absolute atomic E-state index is 13.3. The Morgan fingerprint density at radius 2 is 1.46 bits per heavy atom. The molecule has 1 heterocycles. The number of Topliss-reactive ketones (excluding diaryl/α,β-unsaturated/α-hetero) is 1. The highest BCUT2D eigenvalue weighted by atomic mass is 35.5. The van der Waals surface area contributed by atoms with Crippen molar-refractivity contribution < 1.29 is 58.2 Å². The van der Waals surface area contributed by atoms with Gasteiger partial charge in [0.2, 0.25) is 5.91 Å². The smallest absolute Gasteiger partial charge is 0.306 e. The van der Waals surface area contributed by atoms with Crippen LogP contribution in [0.4, 0.5) is 0 Å². The van der Waals surface area contributed by atoms with Crippen molar-refractivity contribution in [1.29, 1.82) is 0 Å². The number of amides is 2. The van der Waals surface area contributed by atoms with Crippen LogP contribution in [0.25, 0.3) is 0 Å². The van der Waals surface area contributed by atoms with Crippen LogP contribution in [-0.2, 0) is 41.7 Å². The van der Waals surface area contributed by atoms with E-state index in [4.69, 9.17) is 35.3 Å². The molecule has 1 saturated heterocycles. The third-order valence-electron chi connectivity index (χ3n) is 9.40. The topological polar surface area (TPSA) is 199 Å². The molecule has 5 atom stereocenters. The van der Waals surface area contributed by atoms with Gasteiger partial charge in [0.25, 0.3) is 5.91 Å². The Balaban J connectivity index is 1.35. The highest BCUT2D eigenvalue weighted by Crippen LogP contribution is 2.34. The van der Waals surface area contributed by atoms with E-state index in [0.29, 0.717) is 32.2 Å². The minimum absolute atomic E-state index is 0.0382. The number of aliphatic hydroxyl groups excluding tert-OH is 3. The van der Waals surface area contributed by atoms with Crippen LogP contribution in [0.15, 0.2) is 36.4 Å². The van der Waals surface area contributed by atoms with Gasteiger partial charge in [0.1, 0.15) is 53.8 Å². The first kappa shape index (κ1) is 47.6. The Morgan fingerprint density at radius 1 is 0.825 bits per heavy atom. The maximum Gasteiger partial charge on any atom is 0.306 e. The van der Waals surface area contributed by atoms with Crippen LogP contribution in [0, 0.1) is 0 Å². The highest BCUT2D eigenvalue weighted by molar-refractivity contribution is 6.32. The predicted octanol–water partition coefficient (Wildman–Crippen LogP) is 5.32. The summed E-state index contributed by atoms with van der Waals surface area (Å²) in [5, 5.41) is 36.0. The minimum atomic E-state index is -1.49. The molecule has 2 aromatic rings. The van der Waals surface area contributed by atoms with E-state index in [1.54, 1.807) is 0 Å². The van der Waals surface area contributed by atoms with Gasteiger partial charge in [-0.25, -0.2) is 0 Å². The Morgan fingerprint density at radius 3 is 2.07 bits per heavy atom. The van der Waals surface area contributed by atoms with Crippen molar-refractivity contribution >= 4 is 35.2 Å². The molecular formula is C42H61ClN2O12. The number of aliphatic hydroxyl groups is 3. The molecule has 318 valence electrons. The van der Waals surface area contributed by atoms with Crippen molar-refractivity contribution in [3.05, 3.63) is 58.1 Å². The number of carbonyl (C=O) groups is 4. The molecule has 0 saturated carbocycles. The summed E-state index contributed by atoms with van der Waals surface area (Å²) in [7, 11) is 2.68. The van der Waals surface area contributed by atoms with E-state index in [9.17, 15) is 34.5 Å². The molecule has 15 heteroatoms. The molecule has 1 fully saturated rings. The average Bonchev–Trinajstić information content (AvgIpc) is 3.17. The molecule has 0 unspecified atom stereocenters. The van der Waals surface area contributed by atoms with Crippen molar-refractivity contribution in [3.63, 3.8) is 0 Å². The largest absolute Gasteiger partial charge is 0.496 e. The van der Waals surface area contributed by atoms with E-state index in [0.717, 1.165) is 62.5 Å². The third-order valence-corrected chi connectivity index (χ3v) is 9.70. The quantitative estimate of drug-likeness (QED) is 0.0676. The van der Waals surface area contributed by atoms with E-state index in [1.807, 2.05) is 45.0 Å². The van der Waals surface area contributed by atoms with Gasteiger partial charge in [-0.1, -0.05) is 61.5 Å². The van der Waals surface area contributed by atoms with Gasteiger partial charge in [0.05, 0.1) is 24.3 Å². The van der Waals surface area contributed by atoms with Crippen molar-refractivity contribution in [2.24, 2.45) is 0 Å². The van der Waals surface area contributed by atoms with Crippen LogP contribution in [0.2, 0.25) is 5.02 Å². The van der Waals surface area contributed by atoms with E-state index < -0.39 is 48.8 Å². The van der Waals surface area contributed by atoms with Gasteiger partial charge in [-0.3, -0.25) is 19.2 Å². The first-order chi connectivity index (χ1) is 27.1. The fourth-order valence-electron chi connectivity index (χ4n) is 6.36. The second kappa shape index (κ2) is 24.2. The van der Waals surface area contributed by atoms with Gasteiger partial charge in [-0.15, -0.1) is 0 Å². The average molecular weight is 821 g/mol. The normalized spacial score (nSPS) is 19.4. The number of rotatable bonds is 24. The van der Waals surface area contributed by atoms with E-state index >= 15 is 0 Å². The molecule has 0 aromatic heterocycles. The van der Waals surface area contributed by atoms with Crippen LogP contribution >= 0.6 is 11.6 Å². The molecule has 0 aliphatic carbocycles. The first-order valence-electron chi connectivity index (χ1n) is 19.7. The monoisotopic (exact) mass is 820 g/mol. The molecule has 57 heavy (non-hydrogen) atoms. The first-order valence-corrected chi connectivity index (χ1v) is 20.1. The number of nitrogens with one attached hydrogen (secondary N) is 2. The zero-order valence-electron chi connectivity index (χ0n) is 33.9. The molecular weight excluding hydrogens is 760 g/mol. The lowest BCUT2D eigenvalue weighted by atomic mass is 9.96. The van der Waals surface area contributed by atoms with Crippen LogP contribution in [0.3, 0.4) is 0 Å². The van der Waals surface area contributed by atoms with Crippen molar-refractivity contribution in [2.75, 3.05) is 20.8 Å². The molecule has 2 amide bonds. The van der Waals surface area contributed by atoms with Gasteiger partial charge in [-0.05, 0) is 63.6 Å². The Hall–Kier alpha value is -3.79. The van der Waals surface area contributed by atoms with Crippen LogP contribution < -0.4 is 20.1 Å². The van der Waals surface area contributed by atoms with Crippen LogP contribution in [-0.4, -0.2) is 96.0 Å². The molecule has 5 N–H and O–H groups in total. The van der Waals surface area contributed by atoms with Gasteiger partial charge < -0.3 is 49.6 Å². The molecule has 1 aliphatic rings. The highest BCUT2D eigenvalue weighted by Gasteiger charge is 2.45. The van der Waals surface area contributed by atoms with Gasteiger partial charge in [0, 0.05) is 45.4 Å².